The maximum absolute atomic E-state index is 5.58. The van der Waals surface area contributed by atoms with Crippen molar-refractivity contribution in [2.75, 3.05) is 6.54 Å². The molecule has 0 aromatic heterocycles. The zero-order chi connectivity index (χ0) is 10.7. The molecular formula is C11H24N2. The molecule has 2 nitrogen and oxygen atoms in total. The Hall–Kier alpha value is -0.760. The molecule has 2 N–H and O–H groups in total. The maximum atomic E-state index is 5.58. The molecule has 0 radical (unpaired) electrons. The van der Waals surface area contributed by atoms with E-state index < -0.39 is 0 Å². The number of hydrogen-bond donors (Lipinski definition) is 1. The summed E-state index contributed by atoms with van der Waals surface area (Å²) < 4.78 is 0. The predicted molar refractivity (Wildman–Crippen MR) is 61.1 cm³/mol. The van der Waals surface area contributed by atoms with Crippen LogP contribution in [0.5, 0.6) is 0 Å². The quantitative estimate of drug-likeness (QED) is 0.635. The van der Waals surface area contributed by atoms with Crippen LogP contribution in [-0.4, -0.2) is 11.6 Å². The first-order valence-electron chi connectivity index (χ1n) is 5.18. The molecule has 1 rings (SSSR count). The van der Waals surface area contributed by atoms with Gasteiger partial charge in [0.25, 0.3) is 0 Å². The van der Waals surface area contributed by atoms with Gasteiger partial charge in [0.05, 0.1) is 0 Å². The van der Waals surface area contributed by atoms with Gasteiger partial charge in [-0.3, -0.25) is 0 Å². The minimum atomic E-state index is 0.986. The molecule has 0 aromatic rings. The van der Waals surface area contributed by atoms with Gasteiger partial charge in [-0.2, -0.15) is 0 Å². The van der Waals surface area contributed by atoms with Crippen molar-refractivity contribution in [3.8, 4) is 0 Å². The zero-order valence-electron chi connectivity index (χ0n) is 9.51. The van der Waals surface area contributed by atoms with Gasteiger partial charge >= 0.3 is 0 Å². The summed E-state index contributed by atoms with van der Waals surface area (Å²) in [7, 11) is 0. The molecule has 1 aliphatic rings. The fraction of sp³-hybridized carbons (Fsp3) is 0.636. The number of rotatable bonds is 1. The van der Waals surface area contributed by atoms with E-state index in [-0.39, 0.29) is 0 Å². The average Bonchev–Trinajstić information content (AvgIpc) is 2.60. The molecule has 2 heteroatoms. The van der Waals surface area contributed by atoms with E-state index in [4.69, 9.17) is 5.84 Å². The van der Waals surface area contributed by atoms with E-state index in [2.05, 4.69) is 6.58 Å². The van der Waals surface area contributed by atoms with E-state index in [1.165, 1.54) is 12.1 Å². The fourth-order valence-electron chi connectivity index (χ4n) is 1.03. The minimum Gasteiger partial charge on any atom is -0.315 e. The van der Waals surface area contributed by atoms with Crippen LogP contribution in [0.3, 0.4) is 0 Å². The van der Waals surface area contributed by atoms with Crippen LogP contribution in [0.4, 0.5) is 0 Å². The highest BCUT2D eigenvalue weighted by Crippen LogP contribution is 2.15. The van der Waals surface area contributed by atoms with E-state index in [1.807, 2.05) is 33.8 Å². The standard InChI is InChI=1S/C7H12N2.2C2H6/c1-2-4-7-5-3-6-9(7)8;2*1-2/h2,4H,1,3,5-6,8H2;2*1-2H3/b7-4-;;. The van der Waals surface area contributed by atoms with E-state index in [1.54, 1.807) is 11.1 Å². The fourth-order valence-corrected chi connectivity index (χ4v) is 1.03. The number of hydrazine groups is 1. The van der Waals surface area contributed by atoms with Gasteiger partial charge in [0.1, 0.15) is 0 Å². The third-order valence-corrected chi connectivity index (χ3v) is 1.51. The van der Waals surface area contributed by atoms with E-state index in [0.29, 0.717) is 0 Å². The van der Waals surface area contributed by atoms with Crippen molar-refractivity contribution in [2.24, 2.45) is 5.84 Å². The highest BCUT2D eigenvalue weighted by Gasteiger charge is 2.10. The lowest BCUT2D eigenvalue weighted by atomic mass is 10.3. The Morgan fingerprint density at radius 3 is 2.15 bits per heavy atom. The van der Waals surface area contributed by atoms with Crippen molar-refractivity contribution in [3.05, 3.63) is 24.4 Å². The first-order valence-corrected chi connectivity index (χ1v) is 5.18. The van der Waals surface area contributed by atoms with Gasteiger partial charge in [0.2, 0.25) is 0 Å². The molecule has 1 heterocycles. The van der Waals surface area contributed by atoms with Crippen LogP contribution in [0.15, 0.2) is 24.4 Å². The number of nitrogens with zero attached hydrogens (tertiary/aromatic N) is 1. The molecule has 0 atom stereocenters. The molecule has 1 saturated heterocycles. The highest BCUT2D eigenvalue weighted by atomic mass is 15.4. The SMILES string of the molecule is C=C/C=C1/CCCN1N.CC.CC. The van der Waals surface area contributed by atoms with Crippen molar-refractivity contribution >= 4 is 0 Å². The summed E-state index contributed by atoms with van der Waals surface area (Å²) in [4.78, 5) is 0. The second-order valence-corrected chi connectivity index (χ2v) is 2.19. The van der Waals surface area contributed by atoms with Crippen molar-refractivity contribution in [3.63, 3.8) is 0 Å². The van der Waals surface area contributed by atoms with Crippen molar-refractivity contribution in [2.45, 2.75) is 40.5 Å². The lowest BCUT2D eigenvalue weighted by Crippen LogP contribution is -2.25. The molecule has 0 amide bonds. The summed E-state index contributed by atoms with van der Waals surface area (Å²) in [6.07, 6.45) is 6.02. The van der Waals surface area contributed by atoms with Crippen molar-refractivity contribution in [1.29, 1.82) is 0 Å². The smallest absolute Gasteiger partial charge is 0.0342 e. The van der Waals surface area contributed by atoms with Gasteiger partial charge in [0, 0.05) is 12.2 Å². The Morgan fingerprint density at radius 1 is 1.31 bits per heavy atom. The molecule has 0 bridgehead atoms. The molecule has 0 aliphatic carbocycles. The highest BCUT2D eigenvalue weighted by molar-refractivity contribution is 5.11. The van der Waals surface area contributed by atoms with Crippen LogP contribution in [-0.2, 0) is 0 Å². The molecule has 0 saturated carbocycles. The topological polar surface area (TPSA) is 29.3 Å². The molecular weight excluding hydrogens is 160 g/mol. The van der Waals surface area contributed by atoms with E-state index >= 15 is 0 Å². The van der Waals surface area contributed by atoms with Crippen LogP contribution in [0.25, 0.3) is 0 Å². The largest absolute Gasteiger partial charge is 0.315 e. The monoisotopic (exact) mass is 184 g/mol. The lowest BCUT2D eigenvalue weighted by Gasteiger charge is -2.10. The van der Waals surface area contributed by atoms with Gasteiger partial charge in [-0.05, 0) is 18.9 Å². The Morgan fingerprint density at radius 2 is 1.85 bits per heavy atom. The second kappa shape index (κ2) is 11.2. The summed E-state index contributed by atoms with van der Waals surface area (Å²) in [5.74, 6) is 5.58. The Bertz CT molecular complexity index is 139. The van der Waals surface area contributed by atoms with Gasteiger partial charge in [-0.25, -0.2) is 5.84 Å². The number of hydrogen-bond acceptors (Lipinski definition) is 2. The van der Waals surface area contributed by atoms with Crippen LogP contribution in [0, 0.1) is 0 Å². The third kappa shape index (κ3) is 6.41. The van der Waals surface area contributed by atoms with Gasteiger partial charge < -0.3 is 5.01 Å². The summed E-state index contributed by atoms with van der Waals surface area (Å²) in [5.41, 5.74) is 1.20. The first-order chi connectivity index (χ1) is 6.34. The molecule has 1 fully saturated rings. The Balaban J connectivity index is 0. The van der Waals surface area contributed by atoms with Gasteiger partial charge in [-0.1, -0.05) is 40.3 Å². The van der Waals surface area contributed by atoms with Gasteiger partial charge in [0.15, 0.2) is 0 Å². The van der Waals surface area contributed by atoms with Crippen LogP contribution in [0.1, 0.15) is 40.5 Å². The minimum absolute atomic E-state index is 0.986. The summed E-state index contributed by atoms with van der Waals surface area (Å²) in [6.45, 7) is 12.6. The second-order valence-electron chi connectivity index (χ2n) is 2.19. The van der Waals surface area contributed by atoms with Crippen LogP contribution >= 0.6 is 0 Å². The van der Waals surface area contributed by atoms with Gasteiger partial charge in [-0.15, -0.1) is 0 Å². The summed E-state index contributed by atoms with van der Waals surface area (Å²) in [6, 6.07) is 0. The predicted octanol–water partition coefficient (Wildman–Crippen LogP) is 3.08. The maximum Gasteiger partial charge on any atom is 0.0342 e. The lowest BCUT2D eigenvalue weighted by molar-refractivity contribution is 0.413. The van der Waals surface area contributed by atoms with Crippen LogP contribution < -0.4 is 5.84 Å². The number of allylic oxidation sites excluding steroid dienone is 3. The van der Waals surface area contributed by atoms with E-state index in [0.717, 1.165) is 13.0 Å². The Kier molecular flexibility index (Phi) is 12.8. The molecule has 13 heavy (non-hydrogen) atoms. The third-order valence-electron chi connectivity index (χ3n) is 1.51. The number of nitrogens with two attached hydrogens (primary N) is 1. The van der Waals surface area contributed by atoms with Crippen LogP contribution in [0.2, 0.25) is 0 Å². The zero-order valence-corrected chi connectivity index (χ0v) is 9.51. The van der Waals surface area contributed by atoms with Crippen molar-refractivity contribution in [1.82, 2.24) is 5.01 Å². The summed E-state index contributed by atoms with van der Waals surface area (Å²) in [5, 5.41) is 1.78. The molecule has 78 valence electrons. The average molecular weight is 184 g/mol. The first kappa shape index (κ1) is 14.7. The van der Waals surface area contributed by atoms with Crippen molar-refractivity contribution < 1.29 is 0 Å². The molecule has 0 spiro atoms. The Labute approximate surface area is 83.1 Å². The normalized spacial score (nSPS) is 17.0. The molecule has 0 aromatic carbocycles. The molecule has 0 unspecified atom stereocenters. The summed E-state index contributed by atoms with van der Waals surface area (Å²) >= 11 is 0. The van der Waals surface area contributed by atoms with E-state index in [9.17, 15) is 0 Å². The molecule has 1 aliphatic heterocycles.